The summed E-state index contributed by atoms with van der Waals surface area (Å²) < 4.78 is 31.8. The normalized spacial score (nSPS) is 17.8. The van der Waals surface area contributed by atoms with Gasteiger partial charge in [0.1, 0.15) is 6.61 Å². The number of aromatic nitrogens is 3. The van der Waals surface area contributed by atoms with E-state index in [1.165, 1.54) is 0 Å². The van der Waals surface area contributed by atoms with Crippen molar-refractivity contribution in [2.75, 3.05) is 13.7 Å². The Morgan fingerprint density at radius 3 is 2.92 bits per heavy atom. The maximum Gasteiger partial charge on any atom is 0.256 e. The zero-order chi connectivity index (χ0) is 18.0. The highest BCUT2D eigenvalue weighted by molar-refractivity contribution is 6.33. The van der Waals surface area contributed by atoms with Gasteiger partial charge in [0, 0.05) is 13.7 Å². The lowest BCUT2D eigenvalue weighted by atomic mass is 10.00. The van der Waals surface area contributed by atoms with Crippen LogP contribution < -0.4 is 0 Å². The van der Waals surface area contributed by atoms with Gasteiger partial charge >= 0.3 is 0 Å². The largest absolute Gasteiger partial charge is 0.377 e. The molecule has 9 heteroatoms. The van der Waals surface area contributed by atoms with Gasteiger partial charge in [-0.15, -0.1) is 0 Å². The standard InChI is InChI=1S/C16H17ClF2N4O2/c1-25-8-14-20-15(22-21-14)13-4-2-3-5-23(13)16(24)9-6-11(18)12(19)7-10(9)17/h6-7,13H,2-5,8H2,1H3,(H,20,21,22). The van der Waals surface area contributed by atoms with E-state index >= 15 is 0 Å². The average Bonchev–Trinajstić information content (AvgIpc) is 3.06. The third kappa shape index (κ3) is 3.64. The summed E-state index contributed by atoms with van der Waals surface area (Å²) in [6, 6.07) is 1.29. The molecule has 25 heavy (non-hydrogen) atoms. The number of ether oxygens (including phenoxy) is 1. The number of halogens is 3. The van der Waals surface area contributed by atoms with Gasteiger partial charge < -0.3 is 9.64 Å². The minimum Gasteiger partial charge on any atom is -0.377 e. The second-order valence-electron chi connectivity index (χ2n) is 5.83. The summed E-state index contributed by atoms with van der Waals surface area (Å²) in [4.78, 5) is 18.8. The minimum absolute atomic E-state index is 0.0693. The van der Waals surface area contributed by atoms with E-state index in [-0.39, 0.29) is 23.2 Å². The monoisotopic (exact) mass is 370 g/mol. The van der Waals surface area contributed by atoms with Crippen LogP contribution in [0.5, 0.6) is 0 Å². The molecule has 1 atom stereocenters. The second kappa shape index (κ2) is 7.45. The number of nitrogens with zero attached hydrogens (tertiary/aromatic N) is 3. The van der Waals surface area contributed by atoms with Crippen LogP contribution in [-0.2, 0) is 11.3 Å². The molecule has 6 nitrogen and oxygen atoms in total. The fraction of sp³-hybridized carbons (Fsp3) is 0.438. The number of amides is 1. The van der Waals surface area contributed by atoms with Gasteiger partial charge in [0.2, 0.25) is 0 Å². The minimum atomic E-state index is -1.11. The first kappa shape index (κ1) is 17.8. The second-order valence-corrected chi connectivity index (χ2v) is 6.24. The van der Waals surface area contributed by atoms with Crippen LogP contribution in [-0.4, -0.2) is 39.6 Å². The number of aromatic amines is 1. The van der Waals surface area contributed by atoms with Gasteiger partial charge in [-0.1, -0.05) is 11.6 Å². The molecule has 1 aliphatic rings. The summed E-state index contributed by atoms with van der Waals surface area (Å²) in [5, 5.41) is 6.81. The van der Waals surface area contributed by atoms with Crippen LogP contribution >= 0.6 is 11.6 Å². The van der Waals surface area contributed by atoms with Crippen LogP contribution in [0.15, 0.2) is 12.1 Å². The highest BCUT2D eigenvalue weighted by Crippen LogP contribution is 2.32. The van der Waals surface area contributed by atoms with E-state index in [1.807, 2.05) is 0 Å². The quantitative estimate of drug-likeness (QED) is 0.839. The Morgan fingerprint density at radius 1 is 1.40 bits per heavy atom. The summed E-state index contributed by atoms with van der Waals surface area (Å²) in [7, 11) is 1.55. The summed E-state index contributed by atoms with van der Waals surface area (Å²) in [5.74, 6) is -1.64. The molecule has 1 amide bonds. The molecular weight excluding hydrogens is 354 g/mol. The number of carbonyl (C=O) groups excluding carboxylic acids is 1. The Labute approximate surface area is 148 Å². The molecule has 134 valence electrons. The van der Waals surface area contributed by atoms with Crippen molar-refractivity contribution in [2.45, 2.75) is 31.9 Å². The number of piperidine rings is 1. The molecule has 0 bridgehead atoms. The Hall–Kier alpha value is -2.06. The number of H-pyrrole nitrogens is 1. The lowest BCUT2D eigenvalue weighted by Crippen LogP contribution is -2.39. The van der Waals surface area contributed by atoms with Crippen LogP contribution in [0.25, 0.3) is 0 Å². The molecule has 1 saturated heterocycles. The molecule has 0 aliphatic carbocycles. The van der Waals surface area contributed by atoms with Gasteiger partial charge in [-0.05, 0) is 31.4 Å². The number of nitrogens with one attached hydrogen (secondary N) is 1. The van der Waals surface area contributed by atoms with Crippen molar-refractivity contribution in [2.24, 2.45) is 0 Å². The number of hydrogen-bond donors (Lipinski definition) is 1. The number of rotatable bonds is 4. The van der Waals surface area contributed by atoms with E-state index < -0.39 is 17.5 Å². The van der Waals surface area contributed by atoms with Gasteiger partial charge in [0.25, 0.3) is 5.91 Å². The number of likely N-dealkylation sites (tertiary alicyclic amines) is 1. The molecule has 2 aromatic rings. The van der Waals surface area contributed by atoms with E-state index in [1.54, 1.807) is 12.0 Å². The number of benzene rings is 1. The number of methoxy groups -OCH3 is 1. The van der Waals surface area contributed by atoms with E-state index in [2.05, 4.69) is 15.2 Å². The maximum atomic E-state index is 13.5. The zero-order valence-corrected chi connectivity index (χ0v) is 14.3. The molecule has 2 heterocycles. The van der Waals surface area contributed by atoms with Gasteiger partial charge in [0.15, 0.2) is 23.3 Å². The molecule has 3 rings (SSSR count). The SMILES string of the molecule is COCc1nc(C2CCCCN2C(=O)c2cc(F)c(F)cc2Cl)n[nH]1. The van der Waals surface area contributed by atoms with Gasteiger partial charge in [-0.2, -0.15) is 5.10 Å². The fourth-order valence-corrected chi connectivity index (χ4v) is 3.18. The van der Waals surface area contributed by atoms with E-state index in [0.717, 1.165) is 25.0 Å². The van der Waals surface area contributed by atoms with Gasteiger partial charge in [0.05, 0.1) is 16.6 Å². The lowest BCUT2D eigenvalue weighted by Gasteiger charge is -2.34. The van der Waals surface area contributed by atoms with Crippen molar-refractivity contribution < 1.29 is 18.3 Å². The molecule has 1 aliphatic heterocycles. The highest BCUT2D eigenvalue weighted by Gasteiger charge is 2.32. The summed E-state index contributed by atoms with van der Waals surface area (Å²) in [6.45, 7) is 0.746. The predicted octanol–water partition coefficient (Wildman–Crippen LogP) is 3.25. The van der Waals surface area contributed by atoms with Gasteiger partial charge in [-0.25, -0.2) is 13.8 Å². The van der Waals surface area contributed by atoms with E-state index in [9.17, 15) is 13.6 Å². The van der Waals surface area contributed by atoms with Crippen molar-refractivity contribution in [1.82, 2.24) is 20.1 Å². The number of carbonyl (C=O) groups is 1. The third-order valence-corrected chi connectivity index (χ3v) is 4.44. The Balaban J connectivity index is 1.90. The molecule has 1 N–H and O–H groups in total. The van der Waals surface area contributed by atoms with Crippen LogP contribution in [0.3, 0.4) is 0 Å². The average molecular weight is 371 g/mol. The fourth-order valence-electron chi connectivity index (χ4n) is 2.94. The topological polar surface area (TPSA) is 71.1 Å². The molecule has 0 radical (unpaired) electrons. The van der Waals surface area contributed by atoms with Gasteiger partial charge in [-0.3, -0.25) is 9.89 Å². The predicted molar refractivity (Wildman–Crippen MR) is 86.1 cm³/mol. The molecule has 0 saturated carbocycles. The van der Waals surface area contributed by atoms with Crippen molar-refractivity contribution in [3.05, 3.63) is 46.0 Å². The molecule has 1 fully saturated rings. The summed E-state index contributed by atoms with van der Waals surface area (Å²) in [6.07, 6.45) is 2.39. The van der Waals surface area contributed by atoms with Crippen molar-refractivity contribution in [3.63, 3.8) is 0 Å². The molecular formula is C16H17ClF2N4O2. The smallest absolute Gasteiger partial charge is 0.256 e. The molecule has 1 aromatic heterocycles. The van der Waals surface area contributed by atoms with Crippen LogP contribution in [0, 0.1) is 11.6 Å². The van der Waals surface area contributed by atoms with Crippen molar-refractivity contribution >= 4 is 17.5 Å². The Bertz CT molecular complexity index is 783. The van der Waals surface area contributed by atoms with Crippen LogP contribution in [0.1, 0.15) is 47.3 Å². The summed E-state index contributed by atoms with van der Waals surface area (Å²) >= 11 is 5.95. The first-order chi connectivity index (χ1) is 12.0. The molecule has 0 spiro atoms. The van der Waals surface area contributed by atoms with Crippen LogP contribution in [0.4, 0.5) is 8.78 Å². The highest BCUT2D eigenvalue weighted by atomic mass is 35.5. The third-order valence-electron chi connectivity index (χ3n) is 4.13. The number of hydrogen-bond acceptors (Lipinski definition) is 4. The zero-order valence-electron chi connectivity index (χ0n) is 13.6. The molecule has 1 unspecified atom stereocenters. The van der Waals surface area contributed by atoms with Crippen molar-refractivity contribution in [1.29, 1.82) is 0 Å². The Kier molecular flexibility index (Phi) is 5.29. The Morgan fingerprint density at radius 2 is 2.16 bits per heavy atom. The first-order valence-corrected chi connectivity index (χ1v) is 8.24. The van der Waals surface area contributed by atoms with Crippen LogP contribution in [0.2, 0.25) is 5.02 Å². The molecule has 1 aromatic carbocycles. The van der Waals surface area contributed by atoms with Crippen molar-refractivity contribution in [3.8, 4) is 0 Å². The summed E-state index contributed by atoms with van der Waals surface area (Å²) in [5.41, 5.74) is -0.0693. The first-order valence-electron chi connectivity index (χ1n) is 7.87. The lowest BCUT2D eigenvalue weighted by molar-refractivity contribution is 0.0599. The van der Waals surface area contributed by atoms with E-state index in [0.29, 0.717) is 24.6 Å². The van der Waals surface area contributed by atoms with E-state index in [4.69, 9.17) is 16.3 Å². The maximum absolute atomic E-state index is 13.5.